The Hall–Kier alpha value is -2.35. The molecule has 2 aromatic rings. The summed E-state index contributed by atoms with van der Waals surface area (Å²) in [7, 11) is 0. The molecule has 0 aliphatic heterocycles. The Labute approximate surface area is 236 Å². The summed E-state index contributed by atoms with van der Waals surface area (Å²) in [6.45, 7) is 17.7. The molecule has 212 valence electrons. The van der Waals surface area contributed by atoms with Gasteiger partial charge < -0.3 is 5.73 Å². The standard InChI is InChI=1S/C21H26N2.C9H20.C6H12/c1-17-10-6-7-13-19(17)20(22)23-16-21(14-8-3-9-15-21)18-11-4-2-5-12-18;1-4-6-8-9(3)7-5-2;1-4-5-6(2)3/h2,4-7,10-13H,3,8-9,14-16H2,1H3,(H2,22,23);9H,4-8H2,1-3H3;2,4-5H2,1,3H3. The molecule has 1 unspecified atom stereocenters. The lowest BCUT2D eigenvalue weighted by atomic mass is 9.69. The number of nitrogens with zero attached hydrogens (tertiary/aromatic N) is 1. The number of allylic oxidation sites excluding steroid dienone is 1. The number of aliphatic imine (C=N–C) groups is 1. The van der Waals surface area contributed by atoms with Gasteiger partial charge in [0.1, 0.15) is 5.84 Å². The summed E-state index contributed by atoms with van der Waals surface area (Å²) in [5.74, 6) is 1.64. The molecule has 1 aliphatic carbocycles. The Morgan fingerprint density at radius 1 is 0.895 bits per heavy atom. The van der Waals surface area contributed by atoms with Crippen molar-refractivity contribution >= 4 is 5.84 Å². The Kier molecular flexibility index (Phi) is 17.4. The third-order valence-corrected chi connectivity index (χ3v) is 7.68. The van der Waals surface area contributed by atoms with Crippen molar-refractivity contribution in [2.75, 3.05) is 6.54 Å². The maximum absolute atomic E-state index is 6.30. The highest BCUT2D eigenvalue weighted by atomic mass is 14.9. The molecule has 3 rings (SSSR count). The van der Waals surface area contributed by atoms with Crippen molar-refractivity contribution in [1.82, 2.24) is 0 Å². The van der Waals surface area contributed by atoms with Crippen molar-refractivity contribution in [3.63, 3.8) is 0 Å². The molecule has 0 saturated heterocycles. The number of amidine groups is 1. The third-order valence-electron chi connectivity index (χ3n) is 7.68. The summed E-state index contributed by atoms with van der Waals surface area (Å²) < 4.78 is 0. The molecule has 1 aliphatic rings. The van der Waals surface area contributed by atoms with E-state index in [1.54, 1.807) is 0 Å². The van der Waals surface area contributed by atoms with Gasteiger partial charge in [0.15, 0.2) is 0 Å². The highest BCUT2D eigenvalue weighted by Crippen LogP contribution is 2.39. The SMILES string of the molecule is C=C(C)CCC.CCCCC(C)CCC.Cc1ccccc1C(N)=NCC1(c2ccccc2)CCCCC1. The molecule has 0 spiro atoms. The van der Waals surface area contributed by atoms with Crippen LogP contribution in [0, 0.1) is 12.8 Å². The van der Waals surface area contributed by atoms with Crippen LogP contribution in [0.3, 0.4) is 0 Å². The van der Waals surface area contributed by atoms with Gasteiger partial charge in [-0.15, -0.1) is 6.58 Å². The Morgan fingerprint density at radius 3 is 2.05 bits per heavy atom. The maximum Gasteiger partial charge on any atom is 0.125 e. The second kappa shape index (κ2) is 19.7. The minimum absolute atomic E-state index is 0.160. The van der Waals surface area contributed by atoms with E-state index in [0.717, 1.165) is 18.0 Å². The molecule has 0 radical (unpaired) electrons. The molecule has 2 N–H and O–H groups in total. The molecule has 1 atom stereocenters. The number of benzene rings is 2. The van der Waals surface area contributed by atoms with Gasteiger partial charge in [0.25, 0.3) is 0 Å². The third kappa shape index (κ3) is 12.9. The predicted molar refractivity (Wildman–Crippen MR) is 171 cm³/mol. The molecule has 0 bridgehead atoms. The number of aryl methyl sites for hydroxylation is 1. The zero-order valence-electron chi connectivity index (χ0n) is 25.7. The molecule has 2 heteroatoms. The van der Waals surface area contributed by atoms with E-state index in [4.69, 9.17) is 10.7 Å². The van der Waals surface area contributed by atoms with E-state index in [0.29, 0.717) is 5.84 Å². The average Bonchev–Trinajstić information content (AvgIpc) is 2.93. The van der Waals surface area contributed by atoms with Crippen LogP contribution in [0.1, 0.15) is 128 Å². The van der Waals surface area contributed by atoms with Crippen LogP contribution in [0.15, 0.2) is 71.7 Å². The van der Waals surface area contributed by atoms with E-state index < -0.39 is 0 Å². The van der Waals surface area contributed by atoms with Crippen LogP contribution in [0.25, 0.3) is 0 Å². The molecule has 0 aromatic heterocycles. The van der Waals surface area contributed by atoms with E-state index in [1.807, 2.05) is 12.1 Å². The first-order valence-corrected chi connectivity index (χ1v) is 15.3. The van der Waals surface area contributed by atoms with Gasteiger partial charge in [0, 0.05) is 11.0 Å². The average molecular weight is 519 g/mol. The zero-order chi connectivity index (χ0) is 28.2. The normalized spacial score (nSPS) is 15.4. The molecular weight excluding hydrogens is 460 g/mol. The Morgan fingerprint density at radius 2 is 1.53 bits per heavy atom. The lowest BCUT2D eigenvalue weighted by Gasteiger charge is -2.36. The summed E-state index contributed by atoms with van der Waals surface area (Å²) in [4.78, 5) is 4.82. The van der Waals surface area contributed by atoms with Crippen molar-refractivity contribution in [3.05, 3.63) is 83.4 Å². The summed E-state index contributed by atoms with van der Waals surface area (Å²) in [6, 6.07) is 19.1. The van der Waals surface area contributed by atoms with Crippen molar-refractivity contribution < 1.29 is 0 Å². The smallest absolute Gasteiger partial charge is 0.125 e. The summed E-state index contributed by atoms with van der Waals surface area (Å²) in [5.41, 5.74) is 11.4. The summed E-state index contributed by atoms with van der Waals surface area (Å²) in [6.07, 6.45) is 15.7. The molecule has 2 nitrogen and oxygen atoms in total. The zero-order valence-corrected chi connectivity index (χ0v) is 25.7. The van der Waals surface area contributed by atoms with Crippen LogP contribution in [0.4, 0.5) is 0 Å². The molecule has 1 saturated carbocycles. The molecule has 0 amide bonds. The van der Waals surface area contributed by atoms with Crippen molar-refractivity contribution in [2.24, 2.45) is 16.6 Å². The number of nitrogens with two attached hydrogens (primary N) is 1. The maximum atomic E-state index is 6.30. The van der Waals surface area contributed by atoms with Gasteiger partial charge in [0.2, 0.25) is 0 Å². The second-order valence-electron chi connectivity index (χ2n) is 11.5. The Balaban J connectivity index is 0.000000399. The lowest BCUT2D eigenvalue weighted by molar-refractivity contribution is 0.301. The van der Waals surface area contributed by atoms with Crippen molar-refractivity contribution in [2.45, 2.75) is 124 Å². The van der Waals surface area contributed by atoms with E-state index in [-0.39, 0.29) is 5.41 Å². The lowest BCUT2D eigenvalue weighted by Crippen LogP contribution is -2.33. The van der Waals surface area contributed by atoms with Gasteiger partial charge >= 0.3 is 0 Å². The first-order valence-electron chi connectivity index (χ1n) is 15.3. The minimum atomic E-state index is 0.160. The van der Waals surface area contributed by atoms with Crippen LogP contribution in [-0.2, 0) is 5.41 Å². The molecule has 2 aromatic carbocycles. The van der Waals surface area contributed by atoms with Crippen LogP contribution in [0.2, 0.25) is 0 Å². The fourth-order valence-corrected chi connectivity index (χ4v) is 5.36. The number of hydrogen-bond acceptors (Lipinski definition) is 1. The largest absolute Gasteiger partial charge is 0.383 e. The van der Waals surface area contributed by atoms with Gasteiger partial charge in [-0.3, -0.25) is 4.99 Å². The molecule has 1 fully saturated rings. The van der Waals surface area contributed by atoms with E-state index in [1.165, 1.54) is 93.7 Å². The minimum Gasteiger partial charge on any atom is -0.383 e. The highest BCUT2D eigenvalue weighted by Gasteiger charge is 2.33. The number of rotatable bonds is 11. The van der Waals surface area contributed by atoms with Gasteiger partial charge in [-0.1, -0.05) is 146 Å². The topological polar surface area (TPSA) is 38.4 Å². The first-order chi connectivity index (χ1) is 18.3. The summed E-state index contributed by atoms with van der Waals surface area (Å²) in [5, 5.41) is 0. The number of unbranched alkanes of at least 4 members (excludes halogenated alkanes) is 1. The fraction of sp³-hybridized carbons (Fsp3) is 0.583. The fourth-order valence-electron chi connectivity index (χ4n) is 5.36. The first kappa shape index (κ1) is 33.7. The van der Waals surface area contributed by atoms with Crippen LogP contribution in [0.5, 0.6) is 0 Å². The molecular formula is C36H58N2. The van der Waals surface area contributed by atoms with Crippen LogP contribution >= 0.6 is 0 Å². The monoisotopic (exact) mass is 518 g/mol. The van der Waals surface area contributed by atoms with Gasteiger partial charge in [-0.25, -0.2) is 0 Å². The van der Waals surface area contributed by atoms with Gasteiger partial charge in [0.05, 0.1) is 6.54 Å². The molecule has 0 heterocycles. The van der Waals surface area contributed by atoms with Crippen LogP contribution in [-0.4, -0.2) is 12.4 Å². The van der Waals surface area contributed by atoms with Gasteiger partial charge in [-0.2, -0.15) is 0 Å². The predicted octanol–water partition coefficient (Wildman–Crippen LogP) is 10.6. The van der Waals surface area contributed by atoms with E-state index in [9.17, 15) is 0 Å². The van der Waals surface area contributed by atoms with Gasteiger partial charge in [-0.05, 0) is 50.2 Å². The number of hydrogen-bond donors (Lipinski definition) is 1. The van der Waals surface area contributed by atoms with Crippen molar-refractivity contribution in [1.29, 1.82) is 0 Å². The second-order valence-corrected chi connectivity index (χ2v) is 11.5. The van der Waals surface area contributed by atoms with E-state index in [2.05, 4.69) is 90.6 Å². The van der Waals surface area contributed by atoms with E-state index >= 15 is 0 Å². The van der Waals surface area contributed by atoms with Crippen molar-refractivity contribution in [3.8, 4) is 0 Å². The highest BCUT2D eigenvalue weighted by molar-refractivity contribution is 5.98. The Bertz CT molecular complexity index is 906. The summed E-state index contributed by atoms with van der Waals surface area (Å²) >= 11 is 0. The van der Waals surface area contributed by atoms with Crippen LogP contribution < -0.4 is 5.73 Å². The quantitative estimate of drug-likeness (QED) is 0.179. The molecule has 38 heavy (non-hydrogen) atoms.